The van der Waals surface area contributed by atoms with E-state index in [1.807, 2.05) is 13.1 Å². The second-order valence-electron chi connectivity index (χ2n) is 5.01. The van der Waals surface area contributed by atoms with Crippen LogP contribution in [0.2, 0.25) is 0 Å². The first-order chi connectivity index (χ1) is 8.70. The summed E-state index contributed by atoms with van der Waals surface area (Å²) < 4.78 is 4.84. The third kappa shape index (κ3) is 5.00. The predicted octanol–water partition coefficient (Wildman–Crippen LogP) is 2.35. The van der Waals surface area contributed by atoms with Crippen molar-refractivity contribution in [1.29, 1.82) is 0 Å². The zero-order valence-corrected chi connectivity index (χ0v) is 14.1. The lowest BCUT2D eigenvalue weighted by Gasteiger charge is -2.20. The first-order valence-corrected chi connectivity index (χ1v) is 6.59. The third-order valence-corrected chi connectivity index (χ3v) is 3.34. The van der Waals surface area contributed by atoms with Gasteiger partial charge in [0.2, 0.25) is 0 Å². The Morgan fingerprint density at radius 2 is 2.37 bits per heavy atom. The fourth-order valence-electron chi connectivity index (χ4n) is 1.96. The Balaban J connectivity index is 0.00000180. The molecular weight excluding hydrogens is 355 g/mol. The van der Waals surface area contributed by atoms with E-state index in [2.05, 4.69) is 34.2 Å². The number of guanidine groups is 1. The van der Waals surface area contributed by atoms with Gasteiger partial charge in [-0.25, -0.2) is 0 Å². The van der Waals surface area contributed by atoms with Crippen LogP contribution >= 0.6 is 24.0 Å². The summed E-state index contributed by atoms with van der Waals surface area (Å²) >= 11 is 0. The molecule has 2 atom stereocenters. The molecule has 0 saturated heterocycles. The Morgan fingerprint density at radius 3 is 2.89 bits per heavy atom. The Kier molecular flexibility index (Phi) is 6.60. The van der Waals surface area contributed by atoms with E-state index >= 15 is 0 Å². The van der Waals surface area contributed by atoms with Gasteiger partial charge >= 0.3 is 0 Å². The number of aromatic nitrogens is 1. The molecule has 0 amide bonds. The number of hydrogen-bond donors (Lipinski definition) is 1. The van der Waals surface area contributed by atoms with Gasteiger partial charge in [0.1, 0.15) is 12.0 Å². The van der Waals surface area contributed by atoms with E-state index in [1.54, 1.807) is 6.26 Å². The Labute approximate surface area is 131 Å². The lowest BCUT2D eigenvalue weighted by Crippen LogP contribution is -2.38. The highest BCUT2D eigenvalue weighted by Crippen LogP contribution is 2.37. The molecule has 1 aliphatic carbocycles. The van der Waals surface area contributed by atoms with Crippen molar-refractivity contribution in [1.82, 2.24) is 15.4 Å². The van der Waals surface area contributed by atoms with E-state index in [4.69, 9.17) is 4.52 Å². The van der Waals surface area contributed by atoms with Crippen LogP contribution in [-0.4, -0.2) is 36.2 Å². The topological polar surface area (TPSA) is 53.7 Å². The molecule has 19 heavy (non-hydrogen) atoms. The zero-order chi connectivity index (χ0) is 13.0. The second-order valence-corrected chi connectivity index (χ2v) is 5.01. The number of nitrogens with zero attached hydrogens (tertiary/aromatic N) is 3. The number of aliphatic imine (C=N–C) groups is 1. The van der Waals surface area contributed by atoms with Crippen LogP contribution < -0.4 is 5.32 Å². The number of hydrogen-bond acceptors (Lipinski definition) is 3. The normalized spacial score (nSPS) is 21.7. The van der Waals surface area contributed by atoms with E-state index in [1.165, 1.54) is 6.42 Å². The van der Waals surface area contributed by atoms with Gasteiger partial charge in [-0.2, -0.15) is 0 Å². The molecule has 1 N–H and O–H groups in total. The second kappa shape index (κ2) is 7.72. The maximum atomic E-state index is 4.84. The standard InChI is InChI=1S/C13H22N4O.HI/c1-4-14-13(15-8-11-7-10(11)2)17(3)9-12-5-6-18-16-12;/h5-6,10-11H,4,7-9H2,1-3H3,(H,14,15);1H. The Morgan fingerprint density at radius 1 is 1.63 bits per heavy atom. The van der Waals surface area contributed by atoms with Crippen molar-refractivity contribution in [2.75, 3.05) is 20.1 Å². The van der Waals surface area contributed by atoms with Crippen LogP contribution in [0, 0.1) is 11.8 Å². The van der Waals surface area contributed by atoms with E-state index in [0.717, 1.165) is 36.6 Å². The minimum atomic E-state index is 0. The maximum Gasteiger partial charge on any atom is 0.194 e. The summed E-state index contributed by atoms with van der Waals surface area (Å²) in [5.41, 5.74) is 0.919. The van der Waals surface area contributed by atoms with Crippen molar-refractivity contribution >= 4 is 29.9 Å². The van der Waals surface area contributed by atoms with Gasteiger partial charge in [-0.15, -0.1) is 24.0 Å². The molecule has 0 bridgehead atoms. The van der Waals surface area contributed by atoms with E-state index in [0.29, 0.717) is 6.54 Å². The highest BCUT2D eigenvalue weighted by atomic mass is 127. The molecule has 1 aliphatic rings. The van der Waals surface area contributed by atoms with Gasteiger partial charge in [0.25, 0.3) is 0 Å². The lowest BCUT2D eigenvalue weighted by atomic mass is 10.3. The molecule has 1 aromatic rings. The smallest absolute Gasteiger partial charge is 0.194 e. The van der Waals surface area contributed by atoms with Crippen molar-refractivity contribution in [3.63, 3.8) is 0 Å². The van der Waals surface area contributed by atoms with Gasteiger partial charge in [0, 0.05) is 26.2 Å². The molecule has 1 saturated carbocycles. The van der Waals surface area contributed by atoms with Crippen LogP contribution in [0.4, 0.5) is 0 Å². The van der Waals surface area contributed by atoms with Crippen molar-refractivity contribution in [2.45, 2.75) is 26.8 Å². The van der Waals surface area contributed by atoms with Gasteiger partial charge in [-0.3, -0.25) is 4.99 Å². The first-order valence-electron chi connectivity index (χ1n) is 6.59. The van der Waals surface area contributed by atoms with Crippen LogP contribution in [0.1, 0.15) is 26.0 Å². The predicted molar refractivity (Wildman–Crippen MR) is 86.6 cm³/mol. The van der Waals surface area contributed by atoms with E-state index < -0.39 is 0 Å². The van der Waals surface area contributed by atoms with Gasteiger partial charge in [-0.1, -0.05) is 12.1 Å². The SMILES string of the molecule is CCNC(=NCC1CC1C)N(C)Cc1ccon1.I. The first kappa shape index (κ1) is 16.3. The monoisotopic (exact) mass is 378 g/mol. The highest BCUT2D eigenvalue weighted by molar-refractivity contribution is 14.0. The van der Waals surface area contributed by atoms with Gasteiger partial charge in [0.05, 0.1) is 6.54 Å². The summed E-state index contributed by atoms with van der Waals surface area (Å²) in [5, 5.41) is 7.23. The van der Waals surface area contributed by atoms with Crippen molar-refractivity contribution in [3.05, 3.63) is 18.0 Å². The van der Waals surface area contributed by atoms with Gasteiger partial charge < -0.3 is 14.7 Å². The van der Waals surface area contributed by atoms with Crippen molar-refractivity contribution in [2.24, 2.45) is 16.8 Å². The van der Waals surface area contributed by atoms with Crippen molar-refractivity contribution < 1.29 is 4.52 Å². The molecular formula is C13H23IN4O. The maximum absolute atomic E-state index is 4.84. The summed E-state index contributed by atoms with van der Waals surface area (Å²) in [7, 11) is 2.02. The summed E-state index contributed by atoms with van der Waals surface area (Å²) in [5.74, 6) is 2.57. The van der Waals surface area contributed by atoms with Crippen molar-refractivity contribution in [3.8, 4) is 0 Å². The molecule has 0 spiro atoms. The quantitative estimate of drug-likeness (QED) is 0.486. The molecule has 1 aromatic heterocycles. The number of halogens is 1. The van der Waals surface area contributed by atoms with Gasteiger partial charge in [0.15, 0.2) is 5.96 Å². The molecule has 0 aliphatic heterocycles. The molecule has 1 heterocycles. The van der Waals surface area contributed by atoms with Crippen LogP contribution in [0.15, 0.2) is 21.8 Å². The third-order valence-electron chi connectivity index (χ3n) is 3.34. The van der Waals surface area contributed by atoms with Crippen LogP contribution in [0.3, 0.4) is 0 Å². The molecule has 5 nitrogen and oxygen atoms in total. The lowest BCUT2D eigenvalue weighted by molar-refractivity contribution is 0.391. The summed E-state index contributed by atoms with van der Waals surface area (Å²) in [6, 6.07) is 1.88. The fourth-order valence-corrected chi connectivity index (χ4v) is 1.96. The Bertz CT molecular complexity index is 393. The molecule has 0 aromatic carbocycles. The minimum Gasteiger partial charge on any atom is -0.364 e. The van der Waals surface area contributed by atoms with Crippen LogP contribution in [0.5, 0.6) is 0 Å². The fraction of sp³-hybridized carbons (Fsp3) is 0.692. The van der Waals surface area contributed by atoms with Gasteiger partial charge in [-0.05, 0) is 25.2 Å². The zero-order valence-electron chi connectivity index (χ0n) is 11.8. The summed E-state index contributed by atoms with van der Waals surface area (Å²) in [4.78, 5) is 6.76. The summed E-state index contributed by atoms with van der Waals surface area (Å²) in [6.07, 6.45) is 2.91. The highest BCUT2D eigenvalue weighted by Gasteiger charge is 2.32. The van der Waals surface area contributed by atoms with Crippen LogP contribution in [0.25, 0.3) is 0 Å². The number of nitrogens with one attached hydrogen (secondary N) is 1. The molecule has 6 heteroatoms. The largest absolute Gasteiger partial charge is 0.364 e. The van der Waals surface area contributed by atoms with E-state index in [9.17, 15) is 0 Å². The average Bonchev–Trinajstić information content (AvgIpc) is 2.83. The molecule has 108 valence electrons. The molecule has 2 rings (SSSR count). The number of rotatable bonds is 5. The minimum absolute atomic E-state index is 0. The van der Waals surface area contributed by atoms with E-state index in [-0.39, 0.29) is 24.0 Å². The molecule has 2 unspecified atom stereocenters. The summed E-state index contributed by atoms with van der Waals surface area (Å²) in [6.45, 7) is 6.88. The average molecular weight is 378 g/mol. The molecule has 1 fully saturated rings. The van der Waals surface area contributed by atoms with Crippen LogP contribution in [-0.2, 0) is 6.54 Å². The Hall–Kier alpha value is -0.790. The molecule has 0 radical (unpaired) electrons.